The number of carbonyl (C=O) groups excluding carboxylic acids is 1. The third-order valence-corrected chi connectivity index (χ3v) is 7.12. The van der Waals surface area contributed by atoms with Crippen molar-refractivity contribution in [2.45, 2.75) is 43.8 Å². The normalized spacial score (nSPS) is 17.9. The van der Waals surface area contributed by atoms with Gasteiger partial charge in [0.2, 0.25) is 0 Å². The Kier molecular flexibility index (Phi) is 7.14. The van der Waals surface area contributed by atoms with E-state index in [2.05, 4.69) is 17.1 Å². The van der Waals surface area contributed by atoms with Gasteiger partial charge in [0, 0.05) is 13.1 Å². The molecule has 1 aliphatic heterocycles. The predicted molar refractivity (Wildman–Crippen MR) is 113 cm³/mol. The highest BCUT2D eigenvalue weighted by Crippen LogP contribution is 2.21. The Morgan fingerprint density at radius 1 is 1.24 bits per heavy atom. The van der Waals surface area contributed by atoms with Gasteiger partial charge >= 0.3 is 0 Å². The zero-order valence-electron chi connectivity index (χ0n) is 17.2. The third kappa shape index (κ3) is 5.93. The van der Waals surface area contributed by atoms with Crippen molar-refractivity contribution in [1.82, 2.24) is 10.2 Å². The van der Waals surface area contributed by atoms with Gasteiger partial charge in [-0.3, -0.25) is 4.79 Å². The molecule has 3 rings (SSSR count). The number of piperidine rings is 1. The molecule has 1 atom stereocenters. The minimum Gasteiger partial charge on any atom is -0.455 e. The topological polar surface area (TPSA) is 79.6 Å². The summed E-state index contributed by atoms with van der Waals surface area (Å²) in [6.45, 7) is 7.85. The molecule has 0 radical (unpaired) electrons. The van der Waals surface area contributed by atoms with Crippen LogP contribution in [0.3, 0.4) is 0 Å². The van der Waals surface area contributed by atoms with Crippen LogP contribution in [0, 0.1) is 12.8 Å². The van der Waals surface area contributed by atoms with Crippen LogP contribution in [0.5, 0.6) is 0 Å². The lowest BCUT2D eigenvalue weighted by atomic mass is 10.0. The molecule has 7 heteroatoms. The second kappa shape index (κ2) is 9.59. The van der Waals surface area contributed by atoms with Gasteiger partial charge in [-0.1, -0.05) is 25.1 Å². The van der Waals surface area contributed by atoms with Gasteiger partial charge in [-0.2, -0.15) is 0 Å². The molecule has 29 heavy (non-hydrogen) atoms. The van der Waals surface area contributed by atoms with Gasteiger partial charge in [-0.05, 0) is 69.0 Å². The summed E-state index contributed by atoms with van der Waals surface area (Å²) in [5.41, 5.74) is 0.695. The molecule has 2 aromatic rings. The maximum Gasteiger partial charge on any atom is 0.286 e. The van der Waals surface area contributed by atoms with E-state index < -0.39 is 9.84 Å². The van der Waals surface area contributed by atoms with E-state index in [4.69, 9.17) is 4.42 Å². The molecule has 1 N–H and O–H groups in total. The number of nitrogens with one attached hydrogen (secondary N) is 1. The van der Waals surface area contributed by atoms with E-state index in [0.717, 1.165) is 32.0 Å². The number of sulfone groups is 1. The molecule has 0 saturated carbocycles. The highest BCUT2D eigenvalue weighted by atomic mass is 32.2. The van der Waals surface area contributed by atoms with Crippen LogP contribution in [0.1, 0.15) is 48.1 Å². The van der Waals surface area contributed by atoms with Gasteiger partial charge in [-0.25, -0.2) is 8.42 Å². The smallest absolute Gasteiger partial charge is 0.286 e. The highest BCUT2D eigenvalue weighted by molar-refractivity contribution is 7.90. The van der Waals surface area contributed by atoms with Crippen LogP contribution in [-0.2, 0) is 15.6 Å². The van der Waals surface area contributed by atoms with Crippen LogP contribution >= 0.6 is 0 Å². The fourth-order valence-corrected chi connectivity index (χ4v) is 5.36. The monoisotopic (exact) mass is 418 g/mol. The molecule has 6 nitrogen and oxygen atoms in total. The van der Waals surface area contributed by atoms with Crippen LogP contribution in [0.4, 0.5) is 0 Å². The first-order valence-electron chi connectivity index (χ1n) is 10.2. The Balaban J connectivity index is 1.49. The molecule has 1 saturated heterocycles. The highest BCUT2D eigenvalue weighted by Gasteiger charge is 2.21. The Bertz CT molecular complexity index is 936. The molecule has 2 heterocycles. The minimum atomic E-state index is -3.53. The van der Waals surface area contributed by atoms with Crippen LogP contribution < -0.4 is 5.32 Å². The van der Waals surface area contributed by atoms with Gasteiger partial charge in [0.25, 0.3) is 5.91 Å². The largest absolute Gasteiger partial charge is 0.455 e. The summed E-state index contributed by atoms with van der Waals surface area (Å²) in [5.74, 6) is 0.581. The number of carbonyl (C=O) groups is 1. The molecule has 1 aliphatic rings. The van der Waals surface area contributed by atoms with Crippen molar-refractivity contribution >= 4 is 15.7 Å². The van der Waals surface area contributed by atoms with E-state index in [1.807, 2.05) is 0 Å². The lowest BCUT2D eigenvalue weighted by Crippen LogP contribution is -2.36. The summed E-state index contributed by atoms with van der Waals surface area (Å²) in [6, 6.07) is 9.94. The fourth-order valence-electron chi connectivity index (χ4n) is 3.83. The molecular weight excluding hydrogens is 388 g/mol. The summed E-state index contributed by atoms with van der Waals surface area (Å²) < 4.78 is 30.7. The number of hydrogen-bond acceptors (Lipinski definition) is 5. The Morgan fingerprint density at radius 2 is 2.03 bits per heavy atom. The molecular formula is C22H30N2O4S. The molecule has 1 fully saturated rings. The van der Waals surface area contributed by atoms with E-state index >= 15 is 0 Å². The average Bonchev–Trinajstić information content (AvgIpc) is 3.13. The maximum atomic E-state index is 12.6. The molecule has 0 bridgehead atoms. The first-order valence-corrected chi connectivity index (χ1v) is 11.9. The van der Waals surface area contributed by atoms with Gasteiger partial charge in [-0.15, -0.1) is 0 Å². The first-order chi connectivity index (χ1) is 13.8. The average molecular weight is 419 g/mol. The lowest BCUT2D eigenvalue weighted by Gasteiger charge is -2.30. The zero-order valence-corrected chi connectivity index (χ0v) is 18.0. The lowest BCUT2D eigenvalue weighted by molar-refractivity contribution is 0.0921. The number of furan rings is 1. The number of aryl methyl sites for hydroxylation is 1. The van der Waals surface area contributed by atoms with Crippen LogP contribution in [0.25, 0.3) is 0 Å². The van der Waals surface area contributed by atoms with E-state index in [9.17, 15) is 13.2 Å². The van der Waals surface area contributed by atoms with Crippen LogP contribution in [0.2, 0.25) is 0 Å². The van der Waals surface area contributed by atoms with E-state index in [-0.39, 0.29) is 28.1 Å². The van der Waals surface area contributed by atoms with Gasteiger partial charge < -0.3 is 14.6 Å². The van der Waals surface area contributed by atoms with Gasteiger partial charge in [0.15, 0.2) is 15.6 Å². The van der Waals surface area contributed by atoms with Crippen molar-refractivity contribution in [1.29, 1.82) is 0 Å². The van der Waals surface area contributed by atoms with E-state index in [1.54, 1.807) is 37.3 Å². The molecule has 1 aromatic carbocycles. The number of hydrogen-bond donors (Lipinski definition) is 1. The summed E-state index contributed by atoms with van der Waals surface area (Å²) in [7, 11) is -3.53. The number of benzene rings is 1. The van der Waals surface area contributed by atoms with Crippen molar-refractivity contribution in [2.24, 2.45) is 5.92 Å². The molecule has 0 aliphatic carbocycles. The SMILES string of the molecule is Cc1ccccc1S(=O)(=O)Cc1ccc(C(=O)NCCCN2CCC[C@@H](C)C2)o1. The Labute approximate surface area is 173 Å². The van der Waals surface area contributed by atoms with Crippen molar-refractivity contribution in [3.63, 3.8) is 0 Å². The molecule has 0 spiro atoms. The van der Waals surface area contributed by atoms with Crippen molar-refractivity contribution in [2.75, 3.05) is 26.2 Å². The summed E-state index contributed by atoms with van der Waals surface area (Å²) in [4.78, 5) is 15.0. The van der Waals surface area contributed by atoms with Crippen LogP contribution in [0.15, 0.2) is 45.7 Å². The standard InChI is InChI=1S/C22H30N2O4S/c1-17-7-5-13-24(15-17)14-6-12-23-22(25)20-11-10-19(28-20)16-29(26,27)21-9-4-3-8-18(21)2/h3-4,8-11,17H,5-7,12-16H2,1-2H3,(H,23,25)/t17-/m1/s1. The van der Waals surface area contributed by atoms with Crippen molar-refractivity contribution < 1.29 is 17.6 Å². The second-order valence-corrected chi connectivity index (χ2v) is 9.91. The zero-order chi connectivity index (χ0) is 20.9. The maximum absolute atomic E-state index is 12.6. The van der Waals surface area contributed by atoms with Crippen LogP contribution in [-0.4, -0.2) is 45.4 Å². The van der Waals surface area contributed by atoms with E-state index in [1.165, 1.54) is 18.9 Å². The predicted octanol–water partition coefficient (Wildman–Crippen LogP) is 3.41. The van der Waals surface area contributed by atoms with E-state index in [0.29, 0.717) is 12.1 Å². The van der Waals surface area contributed by atoms with Gasteiger partial charge in [0.1, 0.15) is 11.5 Å². The van der Waals surface area contributed by atoms with Crippen molar-refractivity contribution in [3.05, 3.63) is 53.5 Å². The summed E-state index contributed by atoms with van der Waals surface area (Å²) in [5, 5.41) is 2.86. The molecule has 1 amide bonds. The fraction of sp³-hybridized carbons (Fsp3) is 0.500. The Hall–Kier alpha value is -2.12. The quantitative estimate of drug-likeness (QED) is 0.665. The first kappa shape index (κ1) is 21.6. The minimum absolute atomic E-state index is 0.145. The molecule has 0 unspecified atom stereocenters. The van der Waals surface area contributed by atoms with Crippen molar-refractivity contribution in [3.8, 4) is 0 Å². The molecule has 1 aromatic heterocycles. The second-order valence-electron chi connectivity index (χ2n) is 7.95. The summed E-state index contributed by atoms with van der Waals surface area (Å²) in [6.07, 6.45) is 3.43. The number of nitrogens with zero attached hydrogens (tertiary/aromatic N) is 1. The van der Waals surface area contributed by atoms with Gasteiger partial charge in [0.05, 0.1) is 4.90 Å². The molecule has 158 valence electrons. The number of amides is 1. The summed E-state index contributed by atoms with van der Waals surface area (Å²) >= 11 is 0. The Morgan fingerprint density at radius 3 is 2.79 bits per heavy atom. The number of rotatable bonds is 8. The third-order valence-electron chi connectivity index (χ3n) is 5.32. The number of likely N-dealkylation sites (tertiary alicyclic amines) is 1.